The summed E-state index contributed by atoms with van der Waals surface area (Å²) in [4.78, 5) is 49.4. The van der Waals surface area contributed by atoms with E-state index in [1.165, 1.54) is 31.3 Å². The number of benzene rings is 2. The molecule has 0 aliphatic heterocycles. The van der Waals surface area contributed by atoms with Crippen molar-refractivity contribution < 1.29 is 28.3 Å². The molecule has 8 nitrogen and oxygen atoms in total. The summed E-state index contributed by atoms with van der Waals surface area (Å²) in [6.07, 6.45) is 0. The normalized spacial score (nSPS) is 11.3. The van der Waals surface area contributed by atoms with Gasteiger partial charge in [0.25, 0.3) is 5.91 Å². The summed E-state index contributed by atoms with van der Waals surface area (Å²) in [5.41, 5.74) is 0.857. The molecular formula is C22H23ClFN3O5S. The predicted octanol–water partition coefficient (Wildman–Crippen LogP) is 3.18. The topological polar surface area (TPSA) is 105 Å². The van der Waals surface area contributed by atoms with E-state index in [2.05, 4.69) is 10.6 Å². The van der Waals surface area contributed by atoms with Gasteiger partial charge in [0.1, 0.15) is 11.1 Å². The number of likely N-dealkylation sites (N-methyl/N-ethyl adjacent to an activating group) is 1. The first kappa shape index (κ1) is 26.1. The van der Waals surface area contributed by atoms with Gasteiger partial charge in [-0.1, -0.05) is 23.7 Å². The Morgan fingerprint density at radius 1 is 1.06 bits per heavy atom. The first-order chi connectivity index (χ1) is 15.7. The largest absolute Gasteiger partial charge is 0.455 e. The number of halogens is 2. The van der Waals surface area contributed by atoms with Gasteiger partial charge in [0.2, 0.25) is 11.8 Å². The Kier molecular flexibility index (Phi) is 10.1. The zero-order valence-electron chi connectivity index (χ0n) is 18.0. The average molecular weight is 496 g/mol. The monoisotopic (exact) mass is 495 g/mol. The number of hydrogen-bond donors (Lipinski definition) is 2. The Hall–Kier alpha value is -3.11. The Morgan fingerprint density at radius 3 is 2.39 bits per heavy atom. The number of carbonyl (C=O) groups excluding carboxylic acids is 4. The van der Waals surface area contributed by atoms with E-state index >= 15 is 0 Å². The van der Waals surface area contributed by atoms with Crippen LogP contribution in [0.1, 0.15) is 6.92 Å². The standard InChI is InChI=1S/C22H23ClFN3O5S/c1-14(33-13-20(29)25-16-9-7-15(24)8-10-16)22(31)32-12-21(30)27(2)11-19(28)26-18-6-4-3-5-17(18)23/h3-10,14H,11-13H2,1-2H3,(H,25,29)(H,26,28). The van der Waals surface area contributed by atoms with E-state index in [0.29, 0.717) is 16.4 Å². The molecule has 2 rings (SSSR count). The molecule has 11 heteroatoms. The third kappa shape index (κ3) is 9.11. The Balaban J connectivity index is 1.69. The lowest BCUT2D eigenvalue weighted by atomic mass is 10.3. The molecule has 33 heavy (non-hydrogen) atoms. The third-order valence-corrected chi connectivity index (χ3v) is 5.67. The first-order valence-electron chi connectivity index (χ1n) is 9.77. The summed E-state index contributed by atoms with van der Waals surface area (Å²) in [5.74, 6) is -2.52. The summed E-state index contributed by atoms with van der Waals surface area (Å²) in [5, 5.41) is 4.84. The number of nitrogens with zero attached hydrogens (tertiary/aromatic N) is 1. The van der Waals surface area contributed by atoms with Gasteiger partial charge in [-0.05, 0) is 43.3 Å². The van der Waals surface area contributed by atoms with Crippen LogP contribution in [0.5, 0.6) is 0 Å². The number of anilines is 2. The number of ether oxygens (including phenoxy) is 1. The maximum atomic E-state index is 12.9. The molecular weight excluding hydrogens is 473 g/mol. The molecule has 0 radical (unpaired) electrons. The molecule has 0 heterocycles. The second-order valence-electron chi connectivity index (χ2n) is 6.89. The van der Waals surface area contributed by atoms with E-state index in [1.54, 1.807) is 31.2 Å². The van der Waals surface area contributed by atoms with E-state index in [1.807, 2.05) is 0 Å². The predicted molar refractivity (Wildman–Crippen MR) is 126 cm³/mol. The lowest BCUT2D eigenvalue weighted by Gasteiger charge is -2.18. The van der Waals surface area contributed by atoms with Gasteiger partial charge < -0.3 is 20.3 Å². The fourth-order valence-corrected chi connectivity index (χ4v) is 3.28. The van der Waals surface area contributed by atoms with E-state index in [4.69, 9.17) is 16.3 Å². The van der Waals surface area contributed by atoms with Crippen molar-refractivity contribution in [2.45, 2.75) is 12.2 Å². The van der Waals surface area contributed by atoms with Gasteiger partial charge in [0.05, 0.1) is 23.0 Å². The molecule has 0 saturated heterocycles. The summed E-state index contributed by atoms with van der Waals surface area (Å²) in [6, 6.07) is 12.0. The summed E-state index contributed by atoms with van der Waals surface area (Å²) >= 11 is 7.01. The van der Waals surface area contributed by atoms with Crippen LogP contribution in [-0.4, -0.2) is 59.8 Å². The lowest BCUT2D eigenvalue weighted by molar-refractivity contribution is -0.151. The molecule has 0 fully saturated rings. The van der Waals surface area contributed by atoms with Gasteiger partial charge in [-0.15, -0.1) is 11.8 Å². The van der Waals surface area contributed by atoms with Crippen molar-refractivity contribution in [1.29, 1.82) is 0 Å². The quantitative estimate of drug-likeness (QED) is 0.490. The molecule has 0 bridgehead atoms. The number of rotatable bonds is 10. The third-order valence-electron chi connectivity index (χ3n) is 4.22. The summed E-state index contributed by atoms with van der Waals surface area (Å²) in [7, 11) is 1.40. The molecule has 0 saturated carbocycles. The molecule has 0 aliphatic rings. The van der Waals surface area contributed by atoms with Crippen molar-refractivity contribution >= 4 is 58.4 Å². The molecule has 176 valence electrons. The van der Waals surface area contributed by atoms with Crippen LogP contribution < -0.4 is 10.6 Å². The minimum absolute atomic E-state index is 0.0380. The zero-order valence-corrected chi connectivity index (χ0v) is 19.5. The van der Waals surface area contributed by atoms with Crippen molar-refractivity contribution in [3.05, 3.63) is 59.4 Å². The first-order valence-corrected chi connectivity index (χ1v) is 11.2. The maximum Gasteiger partial charge on any atom is 0.319 e. The van der Waals surface area contributed by atoms with Gasteiger partial charge in [-0.2, -0.15) is 0 Å². The number of nitrogens with one attached hydrogen (secondary N) is 2. The molecule has 0 spiro atoms. The van der Waals surface area contributed by atoms with E-state index in [0.717, 1.165) is 16.7 Å². The van der Waals surface area contributed by atoms with Gasteiger partial charge in [-0.3, -0.25) is 19.2 Å². The number of thioether (sulfide) groups is 1. The van der Waals surface area contributed by atoms with Gasteiger partial charge >= 0.3 is 5.97 Å². The fraction of sp³-hybridized carbons (Fsp3) is 0.273. The van der Waals surface area contributed by atoms with Crippen molar-refractivity contribution in [2.75, 3.05) is 36.6 Å². The molecule has 2 aromatic rings. The summed E-state index contributed by atoms with van der Waals surface area (Å²) in [6.45, 7) is 0.750. The Labute approximate surface area is 199 Å². The molecule has 1 atom stereocenters. The van der Waals surface area contributed by atoms with Crippen LogP contribution in [0.25, 0.3) is 0 Å². The summed E-state index contributed by atoms with van der Waals surface area (Å²) < 4.78 is 17.9. The van der Waals surface area contributed by atoms with Crippen LogP contribution in [0, 0.1) is 5.82 Å². The fourth-order valence-electron chi connectivity index (χ4n) is 2.42. The molecule has 2 N–H and O–H groups in total. The highest BCUT2D eigenvalue weighted by Crippen LogP contribution is 2.20. The van der Waals surface area contributed by atoms with Crippen molar-refractivity contribution in [1.82, 2.24) is 4.90 Å². The van der Waals surface area contributed by atoms with Crippen LogP contribution in [0.4, 0.5) is 15.8 Å². The second-order valence-corrected chi connectivity index (χ2v) is 8.63. The number of amides is 3. The van der Waals surface area contributed by atoms with Crippen LogP contribution in [0.3, 0.4) is 0 Å². The number of hydrogen-bond acceptors (Lipinski definition) is 6. The molecule has 1 unspecified atom stereocenters. The number of esters is 1. The van der Waals surface area contributed by atoms with Crippen molar-refractivity contribution in [2.24, 2.45) is 0 Å². The van der Waals surface area contributed by atoms with E-state index in [9.17, 15) is 23.6 Å². The van der Waals surface area contributed by atoms with Gasteiger partial charge in [0, 0.05) is 12.7 Å². The highest BCUT2D eigenvalue weighted by molar-refractivity contribution is 8.01. The maximum absolute atomic E-state index is 12.9. The molecule has 0 aromatic heterocycles. The SMILES string of the molecule is CC(SCC(=O)Nc1ccc(F)cc1)C(=O)OCC(=O)N(C)CC(=O)Nc1ccccc1Cl. The molecule has 2 aromatic carbocycles. The van der Waals surface area contributed by atoms with Gasteiger partial charge in [0.15, 0.2) is 6.61 Å². The zero-order chi connectivity index (χ0) is 24.4. The number of carbonyl (C=O) groups is 4. The molecule has 3 amide bonds. The van der Waals surface area contributed by atoms with Crippen LogP contribution in [0.2, 0.25) is 5.02 Å². The van der Waals surface area contributed by atoms with Gasteiger partial charge in [-0.25, -0.2) is 4.39 Å². The Morgan fingerprint density at radius 2 is 1.73 bits per heavy atom. The van der Waals surface area contributed by atoms with Crippen LogP contribution in [0.15, 0.2) is 48.5 Å². The van der Waals surface area contributed by atoms with Crippen LogP contribution in [-0.2, 0) is 23.9 Å². The number of para-hydroxylation sites is 1. The minimum atomic E-state index is -0.703. The Bertz CT molecular complexity index is 1010. The van der Waals surface area contributed by atoms with E-state index in [-0.39, 0.29) is 18.2 Å². The van der Waals surface area contributed by atoms with Crippen LogP contribution >= 0.6 is 23.4 Å². The minimum Gasteiger partial charge on any atom is -0.455 e. The average Bonchev–Trinajstić information content (AvgIpc) is 2.78. The molecule has 0 aliphatic carbocycles. The van der Waals surface area contributed by atoms with Crippen molar-refractivity contribution in [3.8, 4) is 0 Å². The lowest BCUT2D eigenvalue weighted by Crippen LogP contribution is -2.38. The van der Waals surface area contributed by atoms with E-state index < -0.39 is 35.5 Å². The second kappa shape index (κ2) is 12.8. The highest BCUT2D eigenvalue weighted by Gasteiger charge is 2.20. The smallest absolute Gasteiger partial charge is 0.319 e. The van der Waals surface area contributed by atoms with Crippen molar-refractivity contribution in [3.63, 3.8) is 0 Å². The highest BCUT2D eigenvalue weighted by atomic mass is 35.5.